The fraction of sp³-hybridized carbons (Fsp3) is 1.00. The number of nitrogens with one attached hydrogen (secondary N) is 1. The Hall–Kier alpha value is -0.0400. The maximum atomic E-state index is 3.76. The molecular weight excluding hydrogens is 218 g/mol. The van der Waals surface area contributed by atoms with Crippen molar-refractivity contribution < 1.29 is 0 Å². The maximum absolute atomic E-state index is 3.76. The van der Waals surface area contributed by atoms with E-state index in [0.717, 1.165) is 58.9 Å². The van der Waals surface area contributed by atoms with Crippen LogP contribution in [0.15, 0.2) is 0 Å². The van der Waals surface area contributed by atoms with Gasteiger partial charge in [-0.3, -0.25) is 0 Å². The van der Waals surface area contributed by atoms with Crippen LogP contribution in [0.5, 0.6) is 0 Å². The third-order valence-electron chi connectivity index (χ3n) is 8.17. The predicted octanol–water partition coefficient (Wildman–Crippen LogP) is 3.30. The van der Waals surface area contributed by atoms with Gasteiger partial charge in [0.05, 0.1) is 0 Å². The molecule has 4 saturated carbocycles. The van der Waals surface area contributed by atoms with Crippen molar-refractivity contribution in [3.63, 3.8) is 0 Å². The van der Waals surface area contributed by atoms with Crippen LogP contribution in [0.1, 0.15) is 46.5 Å². The van der Waals surface area contributed by atoms with Crippen molar-refractivity contribution in [2.45, 2.75) is 58.5 Å². The van der Waals surface area contributed by atoms with Gasteiger partial charge in [-0.25, -0.2) is 0 Å². The minimum Gasteiger partial charge on any atom is -0.308 e. The molecule has 5 fully saturated rings. The summed E-state index contributed by atoms with van der Waals surface area (Å²) < 4.78 is 0. The molecule has 0 aromatic rings. The summed E-state index contributed by atoms with van der Waals surface area (Å²) >= 11 is 0. The highest BCUT2D eigenvalue weighted by Gasteiger charge is 2.81. The summed E-state index contributed by atoms with van der Waals surface area (Å²) in [5.74, 6) is 7.81. The maximum Gasteiger partial charge on any atom is 0.0258 e. The average Bonchev–Trinajstić information content (AvgIpc) is 3.24. The van der Waals surface area contributed by atoms with Crippen molar-refractivity contribution in [3.05, 3.63) is 0 Å². The Morgan fingerprint density at radius 1 is 1.11 bits per heavy atom. The number of fused-ring (bicyclic) bond motifs is 4. The van der Waals surface area contributed by atoms with Crippen molar-refractivity contribution in [1.82, 2.24) is 5.32 Å². The number of hydrogen-bond acceptors (Lipinski definition) is 1. The zero-order chi connectivity index (χ0) is 12.2. The summed E-state index contributed by atoms with van der Waals surface area (Å²) in [6.07, 6.45) is 5.96. The van der Waals surface area contributed by atoms with Crippen molar-refractivity contribution in [2.75, 3.05) is 0 Å². The van der Waals surface area contributed by atoms with Crippen LogP contribution in [0.25, 0.3) is 0 Å². The summed E-state index contributed by atoms with van der Waals surface area (Å²) in [5, 5.41) is 3.76. The molecule has 100 valence electrons. The lowest BCUT2D eigenvalue weighted by Gasteiger charge is -2.49. The van der Waals surface area contributed by atoms with Gasteiger partial charge in [0.2, 0.25) is 0 Å². The van der Waals surface area contributed by atoms with Crippen LogP contribution in [0.2, 0.25) is 0 Å². The van der Waals surface area contributed by atoms with E-state index in [0.29, 0.717) is 0 Å². The molecule has 0 aromatic carbocycles. The molecular formula is C17H27N. The summed E-state index contributed by atoms with van der Waals surface area (Å²) in [6, 6.07) is 1.90. The minimum absolute atomic E-state index is 0.792. The van der Waals surface area contributed by atoms with E-state index in [1.54, 1.807) is 6.42 Å². The SMILES string of the molecule is CCC1C2C(C)C(CC)(C3C4CCC5NC5C43)C12. The Morgan fingerprint density at radius 3 is 2.61 bits per heavy atom. The van der Waals surface area contributed by atoms with Gasteiger partial charge in [0.15, 0.2) is 0 Å². The van der Waals surface area contributed by atoms with E-state index in [-0.39, 0.29) is 0 Å². The lowest BCUT2D eigenvalue weighted by atomic mass is 9.56. The van der Waals surface area contributed by atoms with Gasteiger partial charge in [0.25, 0.3) is 0 Å². The second kappa shape index (κ2) is 3.00. The van der Waals surface area contributed by atoms with Crippen LogP contribution < -0.4 is 5.32 Å². The monoisotopic (exact) mass is 245 g/mol. The highest BCUT2D eigenvalue weighted by molar-refractivity contribution is 5.30. The fourth-order valence-electron chi connectivity index (χ4n) is 7.45. The molecule has 1 nitrogen and oxygen atoms in total. The normalized spacial score (nSPS) is 70.5. The van der Waals surface area contributed by atoms with E-state index >= 15 is 0 Å². The smallest absolute Gasteiger partial charge is 0.0258 e. The summed E-state index contributed by atoms with van der Waals surface area (Å²) in [7, 11) is 0. The predicted molar refractivity (Wildman–Crippen MR) is 73.1 cm³/mol. The standard InChI is InChI=1S/C17H27N/c1-4-9-12-8(3)17(5-2,14(9)12)15-10-6-7-11-16(18-11)13(10)15/h8-16,18H,4-7H2,1-3H3. The second-order valence-electron chi connectivity index (χ2n) is 8.07. The molecule has 5 aliphatic rings. The van der Waals surface area contributed by atoms with E-state index in [9.17, 15) is 0 Å². The third kappa shape index (κ3) is 0.930. The molecule has 0 amide bonds. The molecule has 4 aliphatic carbocycles. The van der Waals surface area contributed by atoms with Gasteiger partial charge < -0.3 is 5.32 Å². The van der Waals surface area contributed by atoms with Gasteiger partial charge >= 0.3 is 0 Å². The topological polar surface area (TPSA) is 21.9 Å². The van der Waals surface area contributed by atoms with Gasteiger partial charge in [-0.2, -0.15) is 0 Å². The van der Waals surface area contributed by atoms with Crippen LogP contribution in [0.4, 0.5) is 0 Å². The molecule has 1 heterocycles. The van der Waals surface area contributed by atoms with Crippen LogP contribution >= 0.6 is 0 Å². The van der Waals surface area contributed by atoms with Gasteiger partial charge in [0.1, 0.15) is 0 Å². The first-order chi connectivity index (χ1) is 8.75. The third-order valence-corrected chi connectivity index (χ3v) is 8.17. The average molecular weight is 245 g/mol. The van der Waals surface area contributed by atoms with Gasteiger partial charge in [-0.1, -0.05) is 27.2 Å². The van der Waals surface area contributed by atoms with E-state index in [1.807, 2.05) is 0 Å². The van der Waals surface area contributed by atoms with Gasteiger partial charge in [0, 0.05) is 12.1 Å². The second-order valence-corrected chi connectivity index (χ2v) is 8.07. The largest absolute Gasteiger partial charge is 0.308 e. The van der Waals surface area contributed by atoms with Crippen molar-refractivity contribution in [1.29, 1.82) is 0 Å². The Balaban J connectivity index is 1.45. The first kappa shape index (κ1) is 10.7. The minimum atomic E-state index is 0.792. The van der Waals surface area contributed by atoms with Crippen molar-refractivity contribution >= 4 is 0 Å². The number of hydrogen-bond donors (Lipinski definition) is 1. The zero-order valence-corrected chi connectivity index (χ0v) is 12.0. The molecule has 0 bridgehead atoms. The first-order valence-corrected chi connectivity index (χ1v) is 8.51. The Bertz CT molecular complexity index is 400. The van der Waals surface area contributed by atoms with Crippen LogP contribution in [-0.2, 0) is 0 Å². The highest BCUT2D eigenvalue weighted by atomic mass is 15.2. The van der Waals surface area contributed by atoms with Crippen LogP contribution in [-0.4, -0.2) is 12.1 Å². The van der Waals surface area contributed by atoms with E-state index in [1.165, 1.54) is 19.3 Å². The number of rotatable bonds is 3. The quantitative estimate of drug-likeness (QED) is 0.757. The molecule has 10 unspecified atom stereocenters. The summed E-state index contributed by atoms with van der Waals surface area (Å²) in [5.41, 5.74) is 0.792. The van der Waals surface area contributed by atoms with E-state index in [4.69, 9.17) is 0 Å². The van der Waals surface area contributed by atoms with Crippen LogP contribution in [0.3, 0.4) is 0 Å². The van der Waals surface area contributed by atoms with Crippen molar-refractivity contribution in [3.8, 4) is 0 Å². The summed E-state index contributed by atoms with van der Waals surface area (Å²) in [4.78, 5) is 0. The van der Waals surface area contributed by atoms with Gasteiger partial charge in [-0.15, -0.1) is 0 Å². The highest BCUT2D eigenvalue weighted by Crippen LogP contribution is 2.84. The summed E-state index contributed by atoms with van der Waals surface area (Å²) in [6.45, 7) is 7.52. The molecule has 18 heavy (non-hydrogen) atoms. The first-order valence-electron chi connectivity index (χ1n) is 8.51. The van der Waals surface area contributed by atoms with E-state index in [2.05, 4.69) is 26.1 Å². The molecule has 10 atom stereocenters. The Labute approximate surface area is 111 Å². The molecule has 0 spiro atoms. The molecule has 1 aliphatic heterocycles. The molecule has 0 radical (unpaired) electrons. The molecule has 0 aromatic heterocycles. The Morgan fingerprint density at radius 2 is 1.94 bits per heavy atom. The fourth-order valence-corrected chi connectivity index (χ4v) is 7.45. The molecule has 1 saturated heterocycles. The lowest BCUT2D eigenvalue weighted by molar-refractivity contribution is -0.0143. The zero-order valence-electron chi connectivity index (χ0n) is 12.0. The molecule has 1 heteroatoms. The van der Waals surface area contributed by atoms with Gasteiger partial charge in [-0.05, 0) is 66.1 Å². The van der Waals surface area contributed by atoms with Crippen LogP contribution in [0, 0.1) is 46.8 Å². The van der Waals surface area contributed by atoms with Crippen molar-refractivity contribution in [2.24, 2.45) is 46.8 Å². The molecule has 1 N–H and O–H groups in total. The Kier molecular flexibility index (Phi) is 1.78. The molecule has 5 rings (SSSR count). The van der Waals surface area contributed by atoms with E-state index < -0.39 is 0 Å². The lowest BCUT2D eigenvalue weighted by Crippen LogP contribution is -2.44.